The molecule has 0 aliphatic carbocycles. The molecule has 6 heteroatoms. The normalized spacial score (nSPS) is 11.2. The highest BCUT2D eigenvalue weighted by atomic mass is 35.5. The molecular weight excluding hydrogens is 269 g/mol. The van der Waals surface area contributed by atoms with E-state index in [2.05, 4.69) is 29.4 Å². The molecule has 0 aliphatic heterocycles. The van der Waals surface area contributed by atoms with E-state index in [0.29, 0.717) is 29.8 Å². The van der Waals surface area contributed by atoms with E-state index in [1.807, 2.05) is 0 Å². The van der Waals surface area contributed by atoms with Crippen molar-refractivity contribution in [3.8, 4) is 11.5 Å². The van der Waals surface area contributed by atoms with Gasteiger partial charge >= 0.3 is 0 Å². The molecule has 0 fully saturated rings. The highest BCUT2D eigenvalue weighted by molar-refractivity contribution is 6.30. The van der Waals surface area contributed by atoms with E-state index in [1.54, 1.807) is 6.07 Å². The molecule has 1 aromatic carbocycles. The summed E-state index contributed by atoms with van der Waals surface area (Å²) in [6, 6.07) is 4.81. The molecule has 19 heavy (non-hydrogen) atoms. The predicted octanol–water partition coefficient (Wildman–Crippen LogP) is 3.07. The van der Waals surface area contributed by atoms with Crippen LogP contribution in [0.3, 0.4) is 0 Å². The van der Waals surface area contributed by atoms with Crippen LogP contribution in [0.1, 0.15) is 19.7 Å². The molecule has 4 nitrogen and oxygen atoms in total. The lowest BCUT2D eigenvalue weighted by Crippen LogP contribution is -2.25. The van der Waals surface area contributed by atoms with Crippen LogP contribution >= 0.6 is 11.6 Å². The van der Waals surface area contributed by atoms with Crippen LogP contribution in [0.15, 0.2) is 22.6 Å². The van der Waals surface area contributed by atoms with Crippen molar-refractivity contribution in [2.24, 2.45) is 0 Å². The fraction of sp³-hybridized carbons (Fsp3) is 0.385. The zero-order chi connectivity index (χ0) is 13.8. The van der Waals surface area contributed by atoms with Crippen LogP contribution in [0.25, 0.3) is 11.5 Å². The van der Waals surface area contributed by atoms with Gasteiger partial charge in [0.25, 0.3) is 0 Å². The molecule has 1 aromatic heterocycles. The Hall–Kier alpha value is -1.46. The maximum Gasteiger partial charge on any atom is 0.247 e. The van der Waals surface area contributed by atoms with Crippen molar-refractivity contribution in [3.05, 3.63) is 34.9 Å². The molecule has 2 aromatic rings. The second kappa shape index (κ2) is 6.12. The van der Waals surface area contributed by atoms with Crippen molar-refractivity contribution in [1.29, 1.82) is 0 Å². The summed E-state index contributed by atoms with van der Waals surface area (Å²) in [4.78, 5) is 0. The first-order valence-corrected chi connectivity index (χ1v) is 6.45. The summed E-state index contributed by atoms with van der Waals surface area (Å²) in [7, 11) is 0. The van der Waals surface area contributed by atoms with Crippen molar-refractivity contribution in [3.63, 3.8) is 0 Å². The molecular formula is C13H15ClFN3O. The molecule has 102 valence electrons. The van der Waals surface area contributed by atoms with Crippen LogP contribution < -0.4 is 5.32 Å². The number of hydrogen-bond donors (Lipinski definition) is 1. The first-order chi connectivity index (χ1) is 9.06. The largest absolute Gasteiger partial charge is 0.421 e. The smallest absolute Gasteiger partial charge is 0.247 e. The molecule has 0 saturated carbocycles. The van der Waals surface area contributed by atoms with E-state index < -0.39 is 5.82 Å². The van der Waals surface area contributed by atoms with Crippen LogP contribution in [0.4, 0.5) is 4.39 Å². The van der Waals surface area contributed by atoms with Crippen LogP contribution in [0.2, 0.25) is 5.02 Å². The maximum absolute atomic E-state index is 13.3. The van der Waals surface area contributed by atoms with E-state index in [-0.39, 0.29) is 5.02 Å². The number of hydrogen-bond acceptors (Lipinski definition) is 4. The van der Waals surface area contributed by atoms with Gasteiger partial charge in [0.2, 0.25) is 11.8 Å². The first kappa shape index (κ1) is 14.0. The molecule has 2 rings (SSSR count). The third-order valence-electron chi connectivity index (χ3n) is 2.52. The van der Waals surface area contributed by atoms with E-state index in [0.717, 1.165) is 6.54 Å². The molecule has 0 radical (unpaired) electrons. The monoisotopic (exact) mass is 283 g/mol. The van der Waals surface area contributed by atoms with Gasteiger partial charge in [0.1, 0.15) is 5.82 Å². The minimum absolute atomic E-state index is 0.0737. The van der Waals surface area contributed by atoms with Crippen molar-refractivity contribution < 1.29 is 8.81 Å². The summed E-state index contributed by atoms with van der Waals surface area (Å²) in [5, 5.41) is 11.2. The van der Waals surface area contributed by atoms with Crippen molar-refractivity contribution in [2.45, 2.75) is 26.3 Å². The number of nitrogens with zero attached hydrogens (tertiary/aromatic N) is 2. The maximum atomic E-state index is 13.3. The Morgan fingerprint density at radius 3 is 2.84 bits per heavy atom. The van der Waals surface area contributed by atoms with Gasteiger partial charge in [-0.05, 0) is 18.2 Å². The van der Waals surface area contributed by atoms with Gasteiger partial charge in [-0.25, -0.2) is 4.39 Å². The van der Waals surface area contributed by atoms with Crippen LogP contribution in [-0.4, -0.2) is 22.8 Å². The number of nitrogens with one attached hydrogen (secondary N) is 1. The number of aromatic nitrogens is 2. The van der Waals surface area contributed by atoms with Crippen LogP contribution in [0, 0.1) is 5.82 Å². The highest BCUT2D eigenvalue weighted by Crippen LogP contribution is 2.23. The summed E-state index contributed by atoms with van der Waals surface area (Å²) in [6.07, 6.45) is 0.640. The quantitative estimate of drug-likeness (QED) is 0.916. The third-order valence-corrected chi connectivity index (χ3v) is 2.83. The van der Waals surface area contributed by atoms with Gasteiger partial charge < -0.3 is 9.73 Å². The van der Waals surface area contributed by atoms with Gasteiger partial charge in [-0.15, -0.1) is 10.2 Å². The lowest BCUT2D eigenvalue weighted by atomic mass is 10.2. The molecule has 0 bridgehead atoms. The molecule has 0 amide bonds. The second-order valence-electron chi connectivity index (χ2n) is 4.49. The summed E-state index contributed by atoms with van der Waals surface area (Å²) in [6.45, 7) is 4.89. The number of halogens is 2. The lowest BCUT2D eigenvalue weighted by Gasteiger charge is -2.04. The molecule has 0 saturated heterocycles. The zero-order valence-electron chi connectivity index (χ0n) is 10.8. The highest BCUT2D eigenvalue weighted by Gasteiger charge is 2.10. The van der Waals surface area contributed by atoms with Crippen molar-refractivity contribution >= 4 is 11.6 Å². The Balaban J connectivity index is 2.05. The lowest BCUT2D eigenvalue weighted by molar-refractivity contribution is 0.484. The van der Waals surface area contributed by atoms with Crippen molar-refractivity contribution in [1.82, 2.24) is 15.5 Å². The Labute approximate surface area is 116 Å². The summed E-state index contributed by atoms with van der Waals surface area (Å²) in [5.74, 6) is 0.328. The molecule has 1 heterocycles. The zero-order valence-corrected chi connectivity index (χ0v) is 11.5. The predicted molar refractivity (Wildman–Crippen MR) is 71.5 cm³/mol. The number of rotatable bonds is 5. The Kier molecular flexibility index (Phi) is 4.50. The van der Waals surface area contributed by atoms with Crippen LogP contribution in [-0.2, 0) is 6.42 Å². The van der Waals surface area contributed by atoms with Gasteiger partial charge in [-0.1, -0.05) is 25.4 Å². The molecule has 0 unspecified atom stereocenters. The van der Waals surface area contributed by atoms with Crippen molar-refractivity contribution in [2.75, 3.05) is 6.54 Å². The minimum atomic E-state index is -0.500. The van der Waals surface area contributed by atoms with E-state index in [4.69, 9.17) is 16.0 Å². The van der Waals surface area contributed by atoms with Gasteiger partial charge in [-0.2, -0.15) is 0 Å². The third kappa shape index (κ3) is 3.75. The average molecular weight is 284 g/mol. The molecule has 1 N–H and O–H groups in total. The summed E-state index contributed by atoms with van der Waals surface area (Å²) in [5.41, 5.74) is 0.525. The minimum Gasteiger partial charge on any atom is -0.421 e. The first-order valence-electron chi connectivity index (χ1n) is 6.07. The average Bonchev–Trinajstić information content (AvgIpc) is 2.81. The van der Waals surface area contributed by atoms with E-state index >= 15 is 0 Å². The second-order valence-corrected chi connectivity index (χ2v) is 4.90. The Morgan fingerprint density at radius 1 is 1.37 bits per heavy atom. The SMILES string of the molecule is CC(C)NCCc1nnc(-c2ccc(Cl)c(F)c2)o1. The summed E-state index contributed by atoms with van der Waals surface area (Å²) < 4.78 is 18.8. The Morgan fingerprint density at radius 2 is 2.16 bits per heavy atom. The molecule has 0 spiro atoms. The van der Waals surface area contributed by atoms with E-state index in [9.17, 15) is 4.39 Å². The topological polar surface area (TPSA) is 51.0 Å². The summed E-state index contributed by atoms with van der Waals surface area (Å²) >= 11 is 5.62. The number of benzene rings is 1. The van der Waals surface area contributed by atoms with Gasteiger partial charge in [0, 0.05) is 24.6 Å². The van der Waals surface area contributed by atoms with Gasteiger partial charge in [0.15, 0.2) is 0 Å². The van der Waals surface area contributed by atoms with Gasteiger partial charge in [0.05, 0.1) is 5.02 Å². The van der Waals surface area contributed by atoms with Crippen LogP contribution in [0.5, 0.6) is 0 Å². The fourth-order valence-electron chi connectivity index (χ4n) is 1.57. The molecule has 0 aliphatic rings. The fourth-order valence-corrected chi connectivity index (χ4v) is 1.69. The van der Waals surface area contributed by atoms with E-state index in [1.165, 1.54) is 12.1 Å². The van der Waals surface area contributed by atoms with Gasteiger partial charge in [-0.3, -0.25) is 0 Å². The standard InChI is InChI=1S/C13H15ClFN3O/c1-8(2)16-6-5-12-17-18-13(19-12)9-3-4-10(14)11(15)7-9/h3-4,7-8,16H,5-6H2,1-2H3. The Bertz CT molecular complexity index is 557. The molecule has 0 atom stereocenters.